The molecule has 0 unspecified atom stereocenters. The van der Waals surface area contributed by atoms with Crippen LogP contribution in [0.25, 0.3) is 28.4 Å². The maximum atomic E-state index is 10.6. The van der Waals surface area contributed by atoms with Crippen molar-refractivity contribution in [2.75, 3.05) is 19.0 Å². The number of carbonyl (C=O) groups is 1. The molecule has 0 radical (unpaired) electrons. The number of nitrogens with zero attached hydrogens (tertiary/aromatic N) is 1. The molecule has 0 spiro atoms. The van der Waals surface area contributed by atoms with Gasteiger partial charge in [-0.15, -0.1) is 0 Å². The van der Waals surface area contributed by atoms with Crippen molar-refractivity contribution in [3.8, 4) is 17.1 Å². The first kappa shape index (κ1) is 15.7. The van der Waals surface area contributed by atoms with Crippen molar-refractivity contribution >= 4 is 28.7 Å². The van der Waals surface area contributed by atoms with Crippen LogP contribution in [0.5, 0.6) is 5.75 Å². The lowest BCUT2D eigenvalue weighted by Crippen LogP contribution is -2.07. The summed E-state index contributed by atoms with van der Waals surface area (Å²) in [6, 6.07) is 13.0. The summed E-state index contributed by atoms with van der Waals surface area (Å²) in [4.78, 5) is 12.6. The molecule has 0 aliphatic carbocycles. The third-order valence-electron chi connectivity index (χ3n) is 3.71. The van der Waals surface area contributed by atoms with E-state index < -0.39 is 5.97 Å². The Hall–Kier alpha value is -3.21. The number of benzene rings is 2. The Labute approximate surface area is 139 Å². The first-order valence-electron chi connectivity index (χ1n) is 7.39. The van der Waals surface area contributed by atoms with Crippen LogP contribution in [0.1, 0.15) is 5.56 Å². The average molecular weight is 323 g/mol. The molecule has 3 aromatic rings. The lowest BCUT2D eigenvalue weighted by Gasteiger charge is -2.11. The van der Waals surface area contributed by atoms with Gasteiger partial charge in [-0.1, -0.05) is 0 Å². The van der Waals surface area contributed by atoms with E-state index in [4.69, 9.17) is 9.52 Å². The number of fused-ring (bicyclic) bond motifs is 1. The van der Waals surface area contributed by atoms with Gasteiger partial charge in [0.2, 0.25) is 0 Å². The van der Waals surface area contributed by atoms with E-state index >= 15 is 0 Å². The van der Waals surface area contributed by atoms with Gasteiger partial charge in [-0.25, -0.2) is 4.79 Å². The topological polar surface area (TPSA) is 73.9 Å². The highest BCUT2D eigenvalue weighted by atomic mass is 16.4. The van der Waals surface area contributed by atoms with Crippen LogP contribution in [0.3, 0.4) is 0 Å². The van der Waals surface area contributed by atoms with Gasteiger partial charge in [0.25, 0.3) is 0 Å². The Morgan fingerprint density at radius 3 is 2.46 bits per heavy atom. The van der Waals surface area contributed by atoms with Crippen molar-refractivity contribution in [2.45, 2.75) is 0 Å². The molecule has 0 fully saturated rings. The molecular weight excluding hydrogens is 306 g/mol. The zero-order valence-corrected chi connectivity index (χ0v) is 13.4. The highest BCUT2D eigenvalue weighted by molar-refractivity contribution is 5.91. The van der Waals surface area contributed by atoms with Crippen LogP contribution >= 0.6 is 0 Å². The third kappa shape index (κ3) is 3.10. The number of furan rings is 1. The summed E-state index contributed by atoms with van der Waals surface area (Å²) in [5.74, 6) is -0.415. The molecule has 1 heterocycles. The van der Waals surface area contributed by atoms with E-state index in [1.54, 1.807) is 6.07 Å². The largest absolute Gasteiger partial charge is 0.504 e. The molecule has 0 amide bonds. The minimum Gasteiger partial charge on any atom is -0.504 e. The lowest BCUT2D eigenvalue weighted by molar-refractivity contribution is -0.131. The van der Waals surface area contributed by atoms with Gasteiger partial charge in [-0.3, -0.25) is 0 Å². The number of carboxylic acids is 1. The number of aromatic hydroxyl groups is 1. The maximum absolute atomic E-state index is 10.6. The molecule has 0 saturated heterocycles. The van der Waals surface area contributed by atoms with Gasteiger partial charge < -0.3 is 19.5 Å². The van der Waals surface area contributed by atoms with Gasteiger partial charge in [0.05, 0.1) is 0 Å². The molecule has 3 rings (SSSR count). The van der Waals surface area contributed by atoms with Crippen LogP contribution in [-0.2, 0) is 4.79 Å². The molecule has 2 aromatic carbocycles. The molecule has 5 nitrogen and oxygen atoms in total. The van der Waals surface area contributed by atoms with Crippen molar-refractivity contribution < 1.29 is 19.4 Å². The summed E-state index contributed by atoms with van der Waals surface area (Å²) in [7, 11) is 3.95. The summed E-state index contributed by atoms with van der Waals surface area (Å²) < 4.78 is 5.76. The number of anilines is 1. The number of hydrogen-bond acceptors (Lipinski definition) is 4. The fourth-order valence-corrected chi connectivity index (χ4v) is 2.49. The second-order valence-corrected chi connectivity index (χ2v) is 5.68. The van der Waals surface area contributed by atoms with Gasteiger partial charge in [-0.05, 0) is 54.1 Å². The summed E-state index contributed by atoms with van der Waals surface area (Å²) in [5, 5.41) is 19.5. The fourth-order valence-electron chi connectivity index (χ4n) is 2.49. The summed E-state index contributed by atoms with van der Waals surface area (Å²) in [5.41, 5.74) is 2.96. The molecule has 5 heteroatoms. The summed E-state index contributed by atoms with van der Waals surface area (Å²) >= 11 is 0. The van der Waals surface area contributed by atoms with Crippen LogP contribution in [-0.4, -0.2) is 30.3 Å². The van der Waals surface area contributed by atoms with E-state index in [2.05, 4.69) is 0 Å². The maximum Gasteiger partial charge on any atom is 0.328 e. The molecule has 0 aliphatic rings. The van der Waals surface area contributed by atoms with Gasteiger partial charge in [-0.2, -0.15) is 0 Å². The second kappa shape index (κ2) is 6.12. The predicted molar refractivity (Wildman–Crippen MR) is 94.3 cm³/mol. The molecule has 24 heavy (non-hydrogen) atoms. The molecule has 0 bridgehead atoms. The molecule has 122 valence electrons. The number of phenolic OH excluding ortho intramolecular Hbond substituents is 1. The molecule has 0 saturated carbocycles. The number of phenols is 1. The van der Waals surface area contributed by atoms with Gasteiger partial charge in [0, 0.05) is 36.8 Å². The average Bonchev–Trinajstić information content (AvgIpc) is 2.97. The number of rotatable bonds is 4. The van der Waals surface area contributed by atoms with E-state index in [0.717, 1.165) is 17.3 Å². The molecule has 1 aromatic heterocycles. The molecular formula is C19H17NO4. The Bertz CT molecular complexity index is 920. The monoisotopic (exact) mass is 323 g/mol. The van der Waals surface area contributed by atoms with E-state index in [9.17, 15) is 9.90 Å². The first-order chi connectivity index (χ1) is 11.4. The summed E-state index contributed by atoms with van der Waals surface area (Å²) in [6.07, 6.45) is 2.46. The molecule has 0 aliphatic heterocycles. The van der Waals surface area contributed by atoms with Crippen LogP contribution in [0.15, 0.2) is 53.0 Å². The highest BCUT2D eigenvalue weighted by Gasteiger charge is 2.11. The third-order valence-corrected chi connectivity index (χ3v) is 3.71. The van der Waals surface area contributed by atoms with Gasteiger partial charge in [0.1, 0.15) is 5.76 Å². The SMILES string of the molecule is CN(C)c1ccc(-c2cc3cc(/C=C/C(=O)O)cc(O)c3o2)cc1. The van der Waals surface area contributed by atoms with Crippen LogP contribution in [0.4, 0.5) is 5.69 Å². The van der Waals surface area contributed by atoms with E-state index in [0.29, 0.717) is 22.3 Å². The van der Waals surface area contributed by atoms with Crippen molar-refractivity contribution in [1.82, 2.24) is 0 Å². The Kier molecular flexibility index (Phi) is 4.00. The predicted octanol–water partition coefficient (Wildman–Crippen LogP) is 3.97. The van der Waals surface area contributed by atoms with E-state index in [1.165, 1.54) is 12.1 Å². The Morgan fingerprint density at radius 1 is 1.12 bits per heavy atom. The van der Waals surface area contributed by atoms with Crippen molar-refractivity contribution in [3.63, 3.8) is 0 Å². The standard InChI is InChI=1S/C19H17NO4/c1-20(2)15-6-4-13(5-7-15)17-11-14-9-12(3-8-18(22)23)10-16(21)19(14)24-17/h3-11,21H,1-2H3,(H,22,23)/b8-3+. The Morgan fingerprint density at radius 2 is 1.83 bits per heavy atom. The minimum absolute atomic E-state index is 0.0197. The van der Waals surface area contributed by atoms with Gasteiger partial charge >= 0.3 is 5.97 Å². The van der Waals surface area contributed by atoms with Gasteiger partial charge in [0.15, 0.2) is 11.3 Å². The minimum atomic E-state index is -1.04. The second-order valence-electron chi connectivity index (χ2n) is 5.68. The smallest absolute Gasteiger partial charge is 0.328 e. The normalized spacial score (nSPS) is 11.2. The highest BCUT2D eigenvalue weighted by Crippen LogP contribution is 2.34. The zero-order valence-electron chi connectivity index (χ0n) is 13.4. The van der Waals surface area contributed by atoms with Crippen LogP contribution in [0, 0.1) is 0 Å². The number of carboxylic acid groups (broad SMARTS) is 1. The van der Waals surface area contributed by atoms with E-state index in [1.807, 2.05) is 49.3 Å². The fraction of sp³-hybridized carbons (Fsp3) is 0.105. The molecule has 2 N–H and O–H groups in total. The Balaban J connectivity index is 2.01. The number of aliphatic carboxylic acids is 1. The van der Waals surface area contributed by atoms with Crippen LogP contribution in [0.2, 0.25) is 0 Å². The first-order valence-corrected chi connectivity index (χ1v) is 7.39. The quantitative estimate of drug-likeness (QED) is 0.711. The van der Waals surface area contributed by atoms with Crippen molar-refractivity contribution in [2.24, 2.45) is 0 Å². The van der Waals surface area contributed by atoms with E-state index in [-0.39, 0.29) is 5.75 Å². The number of hydrogen-bond donors (Lipinski definition) is 2. The lowest BCUT2D eigenvalue weighted by atomic mass is 10.1. The van der Waals surface area contributed by atoms with Crippen molar-refractivity contribution in [3.05, 3.63) is 54.1 Å². The van der Waals surface area contributed by atoms with Crippen molar-refractivity contribution in [1.29, 1.82) is 0 Å². The molecule has 0 atom stereocenters. The summed E-state index contributed by atoms with van der Waals surface area (Å²) in [6.45, 7) is 0. The zero-order chi connectivity index (χ0) is 17.3. The van der Waals surface area contributed by atoms with Crippen LogP contribution < -0.4 is 4.90 Å².